The van der Waals surface area contributed by atoms with Gasteiger partial charge in [0.25, 0.3) is 5.91 Å². The lowest BCUT2D eigenvalue weighted by Gasteiger charge is -2.47. The first-order valence-corrected chi connectivity index (χ1v) is 11.8. The van der Waals surface area contributed by atoms with Crippen LogP contribution >= 0.6 is 0 Å². The molecule has 0 N–H and O–H groups in total. The van der Waals surface area contributed by atoms with Crippen molar-refractivity contribution in [2.75, 3.05) is 39.2 Å². The zero-order valence-electron chi connectivity index (χ0n) is 19.5. The average molecular weight is 442 g/mol. The van der Waals surface area contributed by atoms with Gasteiger partial charge >= 0.3 is 0 Å². The Morgan fingerprint density at radius 2 is 1.69 bits per heavy atom. The Morgan fingerprint density at radius 1 is 1.06 bits per heavy atom. The first kappa shape index (κ1) is 22.8. The molecule has 0 aromatic heterocycles. The second-order valence-corrected chi connectivity index (χ2v) is 9.53. The minimum atomic E-state index is -0.806. The Morgan fingerprint density at radius 3 is 2.28 bits per heavy atom. The molecule has 7 nitrogen and oxygen atoms in total. The number of hydrogen-bond acceptors (Lipinski definition) is 4. The summed E-state index contributed by atoms with van der Waals surface area (Å²) in [4.78, 5) is 45.2. The van der Waals surface area contributed by atoms with Crippen molar-refractivity contribution in [3.05, 3.63) is 30.3 Å². The molecule has 2 saturated heterocycles. The van der Waals surface area contributed by atoms with Gasteiger partial charge in [0.15, 0.2) is 0 Å². The predicted molar refractivity (Wildman–Crippen MR) is 122 cm³/mol. The lowest BCUT2D eigenvalue weighted by Crippen LogP contribution is -2.59. The fourth-order valence-corrected chi connectivity index (χ4v) is 6.00. The number of benzene rings is 1. The van der Waals surface area contributed by atoms with Gasteiger partial charge in [0, 0.05) is 45.9 Å². The van der Waals surface area contributed by atoms with Crippen molar-refractivity contribution in [3.8, 4) is 0 Å². The number of methoxy groups -OCH3 is 1. The molecular weight excluding hydrogens is 406 g/mol. The summed E-state index contributed by atoms with van der Waals surface area (Å²) >= 11 is 0. The summed E-state index contributed by atoms with van der Waals surface area (Å²) in [6, 6.07) is 9.47. The molecule has 1 saturated carbocycles. The third kappa shape index (κ3) is 3.81. The van der Waals surface area contributed by atoms with Crippen LogP contribution in [0.3, 0.4) is 0 Å². The van der Waals surface area contributed by atoms with Crippen molar-refractivity contribution in [2.24, 2.45) is 11.8 Å². The molecule has 1 aromatic carbocycles. The molecular formula is C25H35N3O4. The second-order valence-electron chi connectivity index (χ2n) is 9.53. The van der Waals surface area contributed by atoms with E-state index in [4.69, 9.17) is 4.74 Å². The van der Waals surface area contributed by atoms with Gasteiger partial charge < -0.3 is 19.4 Å². The normalized spacial score (nSPS) is 25.9. The maximum atomic E-state index is 13.7. The van der Waals surface area contributed by atoms with E-state index in [-0.39, 0.29) is 23.6 Å². The molecule has 1 spiro atoms. The van der Waals surface area contributed by atoms with Gasteiger partial charge in [0.2, 0.25) is 11.8 Å². The molecule has 1 aliphatic carbocycles. The summed E-state index contributed by atoms with van der Waals surface area (Å²) < 4.78 is 5.59. The Labute approximate surface area is 190 Å². The molecule has 0 radical (unpaired) electrons. The molecule has 1 aromatic rings. The maximum Gasteiger partial charge on any atom is 0.252 e. The van der Waals surface area contributed by atoms with Crippen LogP contribution in [-0.2, 0) is 19.1 Å². The van der Waals surface area contributed by atoms with Crippen LogP contribution in [0.2, 0.25) is 0 Å². The molecule has 7 heteroatoms. The first-order chi connectivity index (χ1) is 15.4. The summed E-state index contributed by atoms with van der Waals surface area (Å²) in [7, 11) is 5.03. The number of hydrogen-bond donors (Lipinski definition) is 0. The standard InChI is InChI=1S/C25H35N3O4/c1-26(19-12-8-5-9-13-19)23(30)20-21(32-3)24(31)27(2)25(20)14-16-28(17-15-25)22(29)18-10-6-4-7-11-18/h5,8-9,12-13,18,20-21H,4,6-7,10-11,14-17H2,1-3H3/t20-,21+/m0/s1. The van der Waals surface area contributed by atoms with E-state index in [1.165, 1.54) is 13.5 Å². The molecule has 3 fully saturated rings. The van der Waals surface area contributed by atoms with E-state index in [9.17, 15) is 14.4 Å². The molecule has 4 rings (SSSR count). The van der Waals surface area contributed by atoms with Crippen LogP contribution in [0.25, 0.3) is 0 Å². The van der Waals surface area contributed by atoms with Gasteiger partial charge in [-0.3, -0.25) is 14.4 Å². The molecule has 2 heterocycles. The minimum absolute atomic E-state index is 0.118. The number of amides is 3. The van der Waals surface area contributed by atoms with Gasteiger partial charge in [0.1, 0.15) is 6.10 Å². The summed E-state index contributed by atoms with van der Waals surface area (Å²) in [5.41, 5.74) is 0.149. The summed E-state index contributed by atoms with van der Waals surface area (Å²) in [6.45, 7) is 1.14. The van der Waals surface area contributed by atoms with E-state index >= 15 is 0 Å². The fraction of sp³-hybridized carbons (Fsp3) is 0.640. The van der Waals surface area contributed by atoms with E-state index in [2.05, 4.69) is 0 Å². The van der Waals surface area contributed by atoms with Crippen LogP contribution in [0.1, 0.15) is 44.9 Å². The number of rotatable bonds is 4. The van der Waals surface area contributed by atoms with Crippen LogP contribution in [0.15, 0.2) is 30.3 Å². The van der Waals surface area contributed by atoms with Crippen LogP contribution in [0.5, 0.6) is 0 Å². The van der Waals surface area contributed by atoms with Gasteiger partial charge in [-0.05, 0) is 37.8 Å². The highest BCUT2D eigenvalue weighted by molar-refractivity contribution is 6.02. The van der Waals surface area contributed by atoms with Crippen LogP contribution in [0, 0.1) is 11.8 Å². The Balaban J connectivity index is 1.56. The van der Waals surface area contributed by atoms with Crippen molar-refractivity contribution in [1.82, 2.24) is 9.80 Å². The average Bonchev–Trinajstić information content (AvgIpc) is 3.05. The summed E-state index contributed by atoms with van der Waals surface area (Å²) in [6.07, 6.45) is 5.81. The molecule has 2 aliphatic heterocycles. The molecule has 32 heavy (non-hydrogen) atoms. The predicted octanol–water partition coefficient (Wildman–Crippen LogP) is 2.69. The van der Waals surface area contributed by atoms with Gasteiger partial charge in [-0.1, -0.05) is 37.5 Å². The van der Waals surface area contributed by atoms with Gasteiger partial charge in [-0.2, -0.15) is 0 Å². The molecule has 3 aliphatic rings. The number of piperidine rings is 1. The van der Waals surface area contributed by atoms with E-state index in [1.54, 1.807) is 23.9 Å². The highest BCUT2D eigenvalue weighted by Gasteiger charge is 2.61. The van der Waals surface area contributed by atoms with Crippen molar-refractivity contribution in [2.45, 2.75) is 56.6 Å². The molecule has 3 amide bonds. The number of anilines is 1. The third-order valence-electron chi connectivity index (χ3n) is 8.01. The van der Waals surface area contributed by atoms with Crippen molar-refractivity contribution < 1.29 is 19.1 Å². The number of likely N-dealkylation sites (N-methyl/N-ethyl adjacent to an activating group) is 1. The fourth-order valence-electron chi connectivity index (χ4n) is 6.00. The second kappa shape index (κ2) is 9.22. The van der Waals surface area contributed by atoms with Crippen LogP contribution < -0.4 is 4.90 Å². The van der Waals surface area contributed by atoms with E-state index in [0.717, 1.165) is 31.4 Å². The number of para-hydroxylation sites is 1. The van der Waals surface area contributed by atoms with Crippen molar-refractivity contribution >= 4 is 23.4 Å². The van der Waals surface area contributed by atoms with Crippen molar-refractivity contribution in [1.29, 1.82) is 0 Å². The smallest absolute Gasteiger partial charge is 0.252 e. The first-order valence-electron chi connectivity index (χ1n) is 11.8. The van der Waals surface area contributed by atoms with Crippen LogP contribution in [0.4, 0.5) is 5.69 Å². The maximum absolute atomic E-state index is 13.7. The lowest BCUT2D eigenvalue weighted by atomic mass is 9.75. The van der Waals surface area contributed by atoms with Crippen molar-refractivity contribution in [3.63, 3.8) is 0 Å². The lowest BCUT2D eigenvalue weighted by molar-refractivity contribution is -0.141. The molecule has 0 bridgehead atoms. The zero-order chi connectivity index (χ0) is 22.9. The summed E-state index contributed by atoms with van der Waals surface area (Å²) in [5.74, 6) is -0.498. The topological polar surface area (TPSA) is 70.2 Å². The summed E-state index contributed by atoms with van der Waals surface area (Å²) in [5, 5.41) is 0. The number of nitrogens with zero attached hydrogens (tertiary/aromatic N) is 3. The highest BCUT2D eigenvalue weighted by Crippen LogP contribution is 2.45. The number of carbonyl (C=O) groups excluding carboxylic acids is 3. The van der Waals surface area contributed by atoms with E-state index < -0.39 is 17.6 Å². The monoisotopic (exact) mass is 441 g/mol. The number of carbonyl (C=O) groups is 3. The van der Waals surface area contributed by atoms with Crippen LogP contribution in [-0.4, -0.2) is 73.5 Å². The highest BCUT2D eigenvalue weighted by atomic mass is 16.5. The van der Waals surface area contributed by atoms with Gasteiger partial charge in [0.05, 0.1) is 11.5 Å². The molecule has 2 atom stereocenters. The minimum Gasteiger partial charge on any atom is -0.371 e. The van der Waals surface area contributed by atoms with E-state index in [1.807, 2.05) is 35.2 Å². The Bertz CT molecular complexity index is 844. The largest absolute Gasteiger partial charge is 0.371 e. The third-order valence-corrected chi connectivity index (χ3v) is 8.01. The SMILES string of the molecule is CO[C@H]1C(=O)N(C)C2(CCN(C(=O)C3CCCCC3)CC2)[C@@H]1C(=O)N(C)c1ccccc1. The van der Waals surface area contributed by atoms with Gasteiger partial charge in [-0.15, -0.1) is 0 Å². The van der Waals surface area contributed by atoms with Gasteiger partial charge in [-0.25, -0.2) is 0 Å². The molecule has 0 unspecified atom stereocenters. The van der Waals surface area contributed by atoms with E-state index in [0.29, 0.717) is 25.9 Å². The quantitative estimate of drug-likeness (QED) is 0.720. The number of ether oxygens (including phenoxy) is 1. The number of likely N-dealkylation sites (tertiary alicyclic amines) is 2. The molecule has 174 valence electrons. The zero-order valence-corrected chi connectivity index (χ0v) is 19.5. The Hall–Kier alpha value is -2.41. The Kier molecular flexibility index (Phi) is 6.56.